The van der Waals surface area contributed by atoms with Crippen LogP contribution in [0.3, 0.4) is 0 Å². The molecule has 7 rings (SSSR count). The van der Waals surface area contributed by atoms with Gasteiger partial charge in [0.2, 0.25) is 0 Å². The molecule has 5 heteroatoms. The van der Waals surface area contributed by atoms with Crippen LogP contribution in [0.4, 0.5) is 0 Å². The number of phenolic OH excluding ortho intramolecular Hbond substituents is 1. The maximum atomic E-state index is 12.8. The van der Waals surface area contributed by atoms with Gasteiger partial charge in [0.15, 0.2) is 11.5 Å². The predicted molar refractivity (Wildman–Crippen MR) is 164 cm³/mol. The van der Waals surface area contributed by atoms with Crippen molar-refractivity contribution in [3.8, 4) is 11.5 Å². The maximum absolute atomic E-state index is 12.8. The molecule has 1 spiro atoms. The fourth-order valence-corrected chi connectivity index (χ4v) is 9.28. The number of rotatable bonds is 13. The smallest absolute Gasteiger partial charge is 0.165 e. The first-order valence-electron chi connectivity index (χ1n) is 16.8. The minimum atomic E-state index is -0.790. The van der Waals surface area contributed by atoms with Crippen molar-refractivity contribution in [3.63, 3.8) is 0 Å². The average Bonchev–Trinajstić information content (AvgIpc) is 3.73. The Hall–Kier alpha value is -2.08. The number of piperidine rings is 1. The van der Waals surface area contributed by atoms with E-state index in [2.05, 4.69) is 53.1 Å². The monoisotopic (exact) mass is 558 g/mol. The van der Waals surface area contributed by atoms with Crippen LogP contribution in [-0.2, 0) is 18.3 Å². The number of aryl methyl sites for hydroxylation is 1. The molecule has 5 aliphatic rings. The Morgan fingerprint density at radius 3 is 2.56 bits per heavy atom. The molecule has 0 radical (unpaired) electrons. The van der Waals surface area contributed by atoms with Crippen LogP contribution in [0.1, 0.15) is 94.2 Å². The van der Waals surface area contributed by atoms with Gasteiger partial charge in [-0.05, 0) is 107 Å². The van der Waals surface area contributed by atoms with E-state index in [0.29, 0.717) is 5.75 Å². The van der Waals surface area contributed by atoms with Crippen LogP contribution in [0.2, 0.25) is 0 Å². The number of unbranched alkanes of at least 4 members (excludes halogenated alkanes) is 4. The Kier molecular flexibility index (Phi) is 7.58. The molecule has 2 aliphatic heterocycles. The number of ether oxygens (including phenoxy) is 1. The van der Waals surface area contributed by atoms with E-state index in [4.69, 9.17) is 4.74 Å². The number of likely N-dealkylation sites (tertiary alicyclic amines) is 1. The van der Waals surface area contributed by atoms with Gasteiger partial charge in [0.1, 0.15) is 6.10 Å². The van der Waals surface area contributed by atoms with Crippen LogP contribution in [0, 0.1) is 5.92 Å². The Morgan fingerprint density at radius 2 is 1.76 bits per heavy atom. The fraction of sp³-hybridized carbons (Fsp3) is 0.667. The maximum Gasteiger partial charge on any atom is 0.165 e. The van der Waals surface area contributed by atoms with Gasteiger partial charge in [-0.1, -0.05) is 62.6 Å². The number of hydrogen-bond acceptors (Lipinski definition) is 5. The predicted octanol–water partition coefficient (Wildman–Crippen LogP) is 6.23. The standard InChI is InChI=1S/C36H50N2O3/c1-2-3-21-37(22-10-5-4-7-11-26-12-8-6-9-13-26)29-18-19-36(40)31-24-28-16-17-30(39)33-32(28)35(36,34(29)41-33)20-23-38(31)25-27-14-15-27/h6,8-9,12-13,16-17,27,29,31,34,39-40H,2-5,7,10-11,14-15,18-25H2,1H3/t29-,31+,34-,35-,36+/m0/s1. The summed E-state index contributed by atoms with van der Waals surface area (Å²) in [5.74, 6) is 1.75. The summed E-state index contributed by atoms with van der Waals surface area (Å²) in [6, 6.07) is 15.3. The molecular formula is C36H50N2O3. The highest BCUT2D eigenvalue weighted by Gasteiger charge is 2.73. The highest BCUT2D eigenvalue weighted by molar-refractivity contribution is 5.62. The highest BCUT2D eigenvalue weighted by atomic mass is 16.5. The lowest BCUT2D eigenvalue weighted by Crippen LogP contribution is -2.78. The SMILES string of the molecule is CCCCN(CCCCCCc1ccccc1)[C@H]1CC[C@@]2(O)[C@H]3Cc4ccc(O)c5c4[C@@]2(CCN3CC2CC2)[C@H]1O5. The first-order chi connectivity index (χ1) is 20.0. The molecule has 41 heavy (non-hydrogen) atoms. The molecule has 0 amide bonds. The Labute approximate surface area is 246 Å². The van der Waals surface area contributed by atoms with Crippen LogP contribution >= 0.6 is 0 Å². The Balaban J connectivity index is 1.11. The Morgan fingerprint density at radius 1 is 0.951 bits per heavy atom. The molecule has 2 N–H and O–H groups in total. The van der Waals surface area contributed by atoms with Crippen LogP contribution in [0.5, 0.6) is 11.5 Å². The quantitative estimate of drug-likeness (QED) is 0.286. The first-order valence-corrected chi connectivity index (χ1v) is 16.8. The van der Waals surface area contributed by atoms with Crippen LogP contribution in [-0.4, -0.2) is 70.0 Å². The lowest BCUT2D eigenvalue weighted by Gasteiger charge is -2.65. The molecule has 1 saturated heterocycles. The van der Waals surface area contributed by atoms with E-state index < -0.39 is 11.0 Å². The molecule has 0 aromatic heterocycles. The van der Waals surface area contributed by atoms with Gasteiger partial charge in [-0.3, -0.25) is 9.80 Å². The summed E-state index contributed by atoms with van der Waals surface area (Å²) in [5.41, 5.74) is 2.70. The molecule has 0 unspecified atom stereocenters. The number of phenols is 1. The van der Waals surface area contributed by atoms with E-state index >= 15 is 0 Å². The van der Waals surface area contributed by atoms with Gasteiger partial charge in [-0.2, -0.15) is 0 Å². The molecule has 2 bridgehead atoms. The number of aliphatic hydroxyl groups is 1. The summed E-state index contributed by atoms with van der Waals surface area (Å²) < 4.78 is 6.90. The minimum absolute atomic E-state index is 0.0934. The lowest BCUT2D eigenvalue weighted by atomic mass is 9.48. The average molecular weight is 559 g/mol. The summed E-state index contributed by atoms with van der Waals surface area (Å²) in [4.78, 5) is 5.36. The third-order valence-corrected chi connectivity index (χ3v) is 11.5. The van der Waals surface area contributed by atoms with E-state index in [9.17, 15) is 10.2 Å². The zero-order valence-corrected chi connectivity index (χ0v) is 25.1. The van der Waals surface area contributed by atoms with Crippen molar-refractivity contribution in [1.82, 2.24) is 9.80 Å². The van der Waals surface area contributed by atoms with Crippen molar-refractivity contribution in [2.24, 2.45) is 5.92 Å². The van der Waals surface area contributed by atoms with E-state index in [-0.39, 0.29) is 23.9 Å². The lowest BCUT2D eigenvalue weighted by molar-refractivity contribution is -0.200. The first kappa shape index (κ1) is 27.7. The second kappa shape index (κ2) is 11.2. The van der Waals surface area contributed by atoms with Crippen LogP contribution in [0.25, 0.3) is 0 Å². The number of hydrogen-bond donors (Lipinski definition) is 2. The number of benzene rings is 2. The van der Waals surface area contributed by atoms with E-state index in [1.807, 2.05) is 6.07 Å². The second-order valence-electron chi connectivity index (χ2n) is 13.9. The van der Waals surface area contributed by atoms with Gasteiger partial charge in [-0.15, -0.1) is 0 Å². The zero-order valence-electron chi connectivity index (χ0n) is 25.1. The summed E-state index contributed by atoms with van der Waals surface area (Å²) in [5, 5.41) is 23.8. The summed E-state index contributed by atoms with van der Waals surface area (Å²) in [6.07, 6.45) is 14.7. The molecule has 2 aromatic carbocycles. The molecule has 2 heterocycles. The second-order valence-corrected chi connectivity index (χ2v) is 13.9. The summed E-state index contributed by atoms with van der Waals surface area (Å²) in [6.45, 7) is 6.63. The van der Waals surface area contributed by atoms with Crippen molar-refractivity contribution < 1.29 is 14.9 Å². The third kappa shape index (κ3) is 4.71. The van der Waals surface area contributed by atoms with Gasteiger partial charge < -0.3 is 14.9 Å². The topological polar surface area (TPSA) is 56.2 Å². The third-order valence-electron chi connectivity index (χ3n) is 11.5. The van der Waals surface area contributed by atoms with E-state index in [0.717, 1.165) is 63.3 Å². The van der Waals surface area contributed by atoms with E-state index in [1.165, 1.54) is 68.9 Å². The van der Waals surface area contributed by atoms with Crippen molar-refractivity contribution in [1.29, 1.82) is 0 Å². The highest BCUT2D eigenvalue weighted by Crippen LogP contribution is 2.66. The molecular weight excluding hydrogens is 508 g/mol. The van der Waals surface area contributed by atoms with Crippen molar-refractivity contribution in [2.75, 3.05) is 26.2 Å². The summed E-state index contributed by atoms with van der Waals surface area (Å²) in [7, 11) is 0. The largest absolute Gasteiger partial charge is 0.504 e. The normalized spacial score (nSPS) is 31.7. The molecule has 2 aromatic rings. The van der Waals surface area contributed by atoms with Crippen molar-refractivity contribution in [3.05, 3.63) is 59.2 Å². The van der Waals surface area contributed by atoms with Crippen molar-refractivity contribution in [2.45, 2.75) is 120 Å². The van der Waals surface area contributed by atoms with Gasteiger partial charge in [0, 0.05) is 24.2 Å². The molecule has 2 saturated carbocycles. The summed E-state index contributed by atoms with van der Waals surface area (Å²) >= 11 is 0. The fourth-order valence-electron chi connectivity index (χ4n) is 9.28. The van der Waals surface area contributed by atoms with E-state index in [1.54, 1.807) is 0 Å². The molecule has 5 nitrogen and oxygen atoms in total. The number of nitrogens with zero attached hydrogens (tertiary/aromatic N) is 2. The molecule has 3 aliphatic carbocycles. The van der Waals surface area contributed by atoms with Gasteiger partial charge in [0.25, 0.3) is 0 Å². The van der Waals surface area contributed by atoms with Crippen LogP contribution in [0.15, 0.2) is 42.5 Å². The Bertz CT molecular complexity index is 1210. The number of aromatic hydroxyl groups is 1. The molecule has 5 atom stereocenters. The minimum Gasteiger partial charge on any atom is -0.504 e. The van der Waals surface area contributed by atoms with Crippen LogP contribution < -0.4 is 4.74 Å². The van der Waals surface area contributed by atoms with Gasteiger partial charge >= 0.3 is 0 Å². The van der Waals surface area contributed by atoms with Gasteiger partial charge in [0.05, 0.1) is 11.0 Å². The molecule has 222 valence electrons. The van der Waals surface area contributed by atoms with Gasteiger partial charge in [-0.25, -0.2) is 0 Å². The molecule has 3 fully saturated rings. The zero-order chi connectivity index (χ0) is 28.0. The van der Waals surface area contributed by atoms with Crippen molar-refractivity contribution >= 4 is 0 Å².